The van der Waals surface area contributed by atoms with Crippen molar-refractivity contribution in [3.63, 3.8) is 0 Å². The maximum atomic E-state index is 10.5. The second-order valence-corrected chi connectivity index (χ2v) is 3.99. The number of hydrazone groups is 1. The van der Waals surface area contributed by atoms with E-state index < -0.39 is 4.92 Å². The first kappa shape index (κ1) is 12.5. The molecule has 1 rings (SSSR count). The minimum atomic E-state index is -0.481. The maximum absolute atomic E-state index is 10.5. The van der Waals surface area contributed by atoms with Crippen molar-refractivity contribution >= 4 is 45.2 Å². The molecule has 1 aromatic rings. The van der Waals surface area contributed by atoms with Gasteiger partial charge in [-0.1, -0.05) is 15.9 Å². The highest BCUT2D eigenvalue weighted by Gasteiger charge is 2.07. The molecule has 0 aliphatic rings. The van der Waals surface area contributed by atoms with E-state index in [1.165, 1.54) is 18.3 Å². The van der Waals surface area contributed by atoms with Crippen LogP contribution in [-0.4, -0.2) is 16.3 Å². The first-order valence-electron chi connectivity index (χ1n) is 4.03. The minimum Gasteiger partial charge on any atom is -0.375 e. The zero-order chi connectivity index (χ0) is 12.1. The molecule has 0 aliphatic carbocycles. The fraction of sp³-hybridized carbons (Fsp3) is 0. The highest BCUT2D eigenvalue weighted by molar-refractivity contribution is 9.10. The molecule has 84 valence electrons. The Hall–Kier alpha value is -1.54. The Balaban J connectivity index is 2.94. The van der Waals surface area contributed by atoms with Gasteiger partial charge in [-0.05, 0) is 18.3 Å². The molecule has 3 N–H and O–H groups in total. The summed E-state index contributed by atoms with van der Waals surface area (Å²) in [4.78, 5) is 10.1. The molecule has 0 saturated carbocycles. The normalized spacial score (nSPS) is 10.3. The van der Waals surface area contributed by atoms with Crippen molar-refractivity contribution in [1.82, 2.24) is 5.43 Å². The van der Waals surface area contributed by atoms with Crippen molar-refractivity contribution in [2.75, 3.05) is 0 Å². The molecule has 0 saturated heterocycles. The number of hydrogen-bond acceptors (Lipinski definition) is 4. The van der Waals surface area contributed by atoms with Crippen LogP contribution in [0.2, 0.25) is 0 Å². The molecule has 0 atom stereocenters. The van der Waals surface area contributed by atoms with Gasteiger partial charge in [0.2, 0.25) is 0 Å². The Morgan fingerprint density at radius 2 is 2.38 bits per heavy atom. The van der Waals surface area contributed by atoms with E-state index in [0.717, 1.165) is 0 Å². The smallest absolute Gasteiger partial charge is 0.270 e. The van der Waals surface area contributed by atoms with Gasteiger partial charge in [0.15, 0.2) is 5.11 Å². The van der Waals surface area contributed by atoms with Crippen molar-refractivity contribution in [3.8, 4) is 0 Å². The van der Waals surface area contributed by atoms with E-state index in [1.54, 1.807) is 6.07 Å². The summed E-state index contributed by atoms with van der Waals surface area (Å²) in [7, 11) is 0. The second-order valence-electron chi connectivity index (χ2n) is 2.70. The number of hydrogen-bond donors (Lipinski definition) is 2. The molecule has 1 aromatic carbocycles. The summed E-state index contributed by atoms with van der Waals surface area (Å²) in [6.07, 6.45) is 1.39. The van der Waals surface area contributed by atoms with Gasteiger partial charge in [0.05, 0.1) is 11.1 Å². The number of nitrogens with two attached hydrogens (primary N) is 1. The monoisotopic (exact) mass is 302 g/mol. The average Bonchev–Trinajstić information content (AvgIpc) is 2.20. The predicted octanol–water partition coefficient (Wildman–Crippen LogP) is 1.52. The SMILES string of the molecule is NC(=S)NN=Cc1cc([N+](=O)[O-])ccc1Br. The van der Waals surface area contributed by atoms with Crippen LogP contribution in [0.3, 0.4) is 0 Å². The fourth-order valence-electron chi connectivity index (χ4n) is 0.909. The van der Waals surface area contributed by atoms with Crippen LogP contribution in [0.5, 0.6) is 0 Å². The molecule has 0 aromatic heterocycles. The van der Waals surface area contributed by atoms with Gasteiger partial charge >= 0.3 is 0 Å². The zero-order valence-electron chi connectivity index (χ0n) is 7.88. The minimum absolute atomic E-state index is 0.0139. The van der Waals surface area contributed by atoms with Gasteiger partial charge in [-0.25, -0.2) is 0 Å². The lowest BCUT2D eigenvalue weighted by Gasteiger charge is -1.98. The summed E-state index contributed by atoms with van der Waals surface area (Å²) in [5.41, 5.74) is 8.06. The molecule has 0 radical (unpaired) electrons. The number of nitrogens with zero attached hydrogens (tertiary/aromatic N) is 2. The van der Waals surface area contributed by atoms with Crippen LogP contribution < -0.4 is 11.2 Å². The van der Waals surface area contributed by atoms with Crippen LogP contribution in [0.4, 0.5) is 5.69 Å². The Morgan fingerprint density at radius 3 is 2.94 bits per heavy atom. The molecule has 0 spiro atoms. The summed E-state index contributed by atoms with van der Waals surface area (Å²) < 4.78 is 0.687. The molecule has 6 nitrogen and oxygen atoms in total. The van der Waals surface area contributed by atoms with E-state index in [-0.39, 0.29) is 10.8 Å². The van der Waals surface area contributed by atoms with Crippen LogP contribution in [-0.2, 0) is 0 Å². The average molecular weight is 303 g/mol. The molecule has 0 unspecified atom stereocenters. The number of halogens is 1. The molecule has 16 heavy (non-hydrogen) atoms. The number of non-ortho nitro benzene ring substituents is 1. The Morgan fingerprint density at radius 1 is 1.69 bits per heavy atom. The Labute approximate surface area is 105 Å². The molecular weight excluding hydrogens is 296 g/mol. The number of thiocarbonyl (C=S) groups is 1. The first-order valence-corrected chi connectivity index (χ1v) is 5.23. The van der Waals surface area contributed by atoms with E-state index >= 15 is 0 Å². The van der Waals surface area contributed by atoms with Crippen LogP contribution in [0.15, 0.2) is 27.8 Å². The van der Waals surface area contributed by atoms with E-state index in [9.17, 15) is 10.1 Å². The molecule has 0 amide bonds. The number of nitrogens with one attached hydrogen (secondary N) is 1. The van der Waals surface area contributed by atoms with Crippen molar-refractivity contribution in [1.29, 1.82) is 0 Å². The van der Waals surface area contributed by atoms with E-state index in [0.29, 0.717) is 10.0 Å². The van der Waals surface area contributed by atoms with Gasteiger partial charge in [-0.3, -0.25) is 15.5 Å². The van der Waals surface area contributed by atoms with Crippen molar-refractivity contribution in [2.45, 2.75) is 0 Å². The highest BCUT2D eigenvalue weighted by atomic mass is 79.9. The third kappa shape index (κ3) is 3.55. The lowest BCUT2D eigenvalue weighted by Crippen LogP contribution is -2.24. The summed E-state index contributed by atoms with van der Waals surface area (Å²) in [5.74, 6) is 0. The second kappa shape index (κ2) is 5.52. The molecular formula is C8H7BrN4O2S. The summed E-state index contributed by atoms with van der Waals surface area (Å²) in [6.45, 7) is 0. The van der Waals surface area contributed by atoms with Crippen LogP contribution in [0.25, 0.3) is 0 Å². The van der Waals surface area contributed by atoms with Gasteiger partial charge < -0.3 is 5.73 Å². The topological polar surface area (TPSA) is 93.5 Å². The van der Waals surface area contributed by atoms with Crippen molar-refractivity contribution < 1.29 is 4.92 Å². The number of rotatable bonds is 3. The van der Waals surface area contributed by atoms with Crippen LogP contribution in [0.1, 0.15) is 5.56 Å². The van der Waals surface area contributed by atoms with Crippen LogP contribution in [0, 0.1) is 10.1 Å². The lowest BCUT2D eigenvalue weighted by atomic mass is 10.2. The predicted molar refractivity (Wildman–Crippen MR) is 68.3 cm³/mol. The van der Waals surface area contributed by atoms with Gasteiger partial charge in [0.1, 0.15) is 0 Å². The largest absolute Gasteiger partial charge is 0.375 e. The van der Waals surface area contributed by atoms with E-state index in [2.05, 4.69) is 38.7 Å². The highest BCUT2D eigenvalue weighted by Crippen LogP contribution is 2.20. The van der Waals surface area contributed by atoms with Gasteiger partial charge in [0.25, 0.3) is 5.69 Å². The van der Waals surface area contributed by atoms with Crippen molar-refractivity contribution in [3.05, 3.63) is 38.3 Å². The Bertz CT molecular complexity index is 463. The van der Waals surface area contributed by atoms with Crippen LogP contribution >= 0.6 is 28.1 Å². The standard InChI is InChI=1S/C8H7BrN4O2S/c9-7-2-1-6(13(14)15)3-5(7)4-11-12-8(10)16/h1-4H,(H3,10,12,16). The lowest BCUT2D eigenvalue weighted by molar-refractivity contribution is -0.384. The first-order chi connectivity index (χ1) is 7.50. The van der Waals surface area contributed by atoms with E-state index in [4.69, 9.17) is 5.73 Å². The maximum Gasteiger partial charge on any atom is 0.270 e. The molecule has 0 bridgehead atoms. The quantitative estimate of drug-likeness (QED) is 0.382. The fourth-order valence-corrected chi connectivity index (χ4v) is 1.31. The number of nitro benzene ring substituents is 1. The van der Waals surface area contributed by atoms with Crippen molar-refractivity contribution in [2.24, 2.45) is 10.8 Å². The van der Waals surface area contributed by atoms with Gasteiger partial charge in [-0.2, -0.15) is 5.10 Å². The third-order valence-corrected chi connectivity index (χ3v) is 2.38. The number of nitro groups is 1. The Kier molecular flexibility index (Phi) is 4.32. The summed E-state index contributed by atoms with van der Waals surface area (Å²) in [6, 6.07) is 4.34. The molecule has 0 aliphatic heterocycles. The molecule has 8 heteroatoms. The van der Waals surface area contributed by atoms with Gasteiger partial charge in [0, 0.05) is 22.2 Å². The summed E-state index contributed by atoms with van der Waals surface area (Å²) in [5, 5.41) is 14.3. The van der Waals surface area contributed by atoms with Gasteiger partial charge in [-0.15, -0.1) is 0 Å². The van der Waals surface area contributed by atoms with E-state index in [1.807, 2.05) is 0 Å². The molecule has 0 fully saturated rings. The number of benzene rings is 1. The molecule has 0 heterocycles. The zero-order valence-corrected chi connectivity index (χ0v) is 10.3. The third-order valence-electron chi connectivity index (χ3n) is 1.57. The summed E-state index contributed by atoms with van der Waals surface area (Å²) >= 11 is 7.79.